The minimum atomic E-state index is -0.380. The maximum absolute atomic E-state index is 13.8. The summed E-state index contributed by atoms with van der Waals surface area (Å²) >= 11 is 0. The van der Waals surface area contributed by atoms with Gasteiger partial charge in [-0.3, -0.25) is 4.79 Å². The monoisotopic (exact) mass is 278 g/mol. The van der Waals surface area contributed by atoms with Gasteiger partial charge in [-0.25, -0.2) is 4.39 Å². The number of hydrogen-bond acceptors (Lipinski definition) is 2. The number of para-hydroxylation sites is 1. The van der Waals surface area contributed by atoms with Crippen molar-refractivity contribution in [3.63, 3.8) is 0 Å². The summed E-state index contributed by atoms with van der Waals surface area (Å²) in [5.41, 5.74) is 0.690. The summed E-state index contributed by atoms with van der Waals surface area (Å²) in [4.78, 5) is 12.3. The van der Waals surface area contributed by atoms with Gasteiger partial charge in [0.25, 0.3) is 5.91 Å². The Balaban J connectivity index is 2.08. The summed E-state index contributed by atoms with van der Waals surface area (Å²) < 4.78 is 13.8. The average molecular weight is 278 g/mol. The Morgan fingerprint density at radius 3 is 2.75 bits per heavy atom. The first kappa shape index (κ1) is 14.8. The van der Waals surface area contributed by atoms with Gasteiger partial charge >= 0.3 is 0 Å². The molecule has 20 heavy (non-hydrogen) atoms. The van der Waals surface area contributed by atoms with E-state index in [0.717, 1.165) is 18.8 Å². The molecule has 4 heteroatoms. The molecule has 1 amide bonds. The van der Waals surface area contributed by atoms with Crippen molar-refractivity contribution < 1.29 is 9.18 Å². The highest BCUT2D eigenvalue weighted by atomic mass is 19.1. The number of halogens is 1. The van der Waals surface area contributed by atoms with E-state index in [9.17, 15) is 9.18 Å². The number of carbonyl (C=O) groups is 1. The molecule has 1 aliphatic rings. The number of hydrogen-bond donors (Lipinski definition) is 2. The zero-order chi connectivity index (χ0) is 14.5. The first-order valence-electron chi connectivity index (χ1n) is 7.48. The van der Waals surface area contributed by atoms with Crippen molar-refractivity contribution in [2.75, 3.05) is 11.9 Å². The third-order valence-corrected chi connectivity index (χ3v) is 3.75. The SMILES string of the molecule is CCNc1c(F)cccc1C(=O)NC(CC)CC1CC1. The van der Waals surface area contributed by atoms with Crippen LogP contribution in [0.2, 0.25) is 0 Å². The number of rotatable bonds is 7. The molecule has 0 radical (unpaired) electrons. The third-order valence-electron chi connectivity index (χ3n) is 3.75. The van der Waals surface area contributed by atoms with Gasteiger partial charge in [0.15, 0.2) is 0 Å². The summed E-state index contributed by atoms with van der Waals surface area (Å²) in [6.45, 7) is 4.54. The Labute approximate surface area is 120 Å². The van der Waals surface area contributed by atoms with Gasteiger partial charge < -0.3 is 10.6 Å². The predicted octanol–water partition coefficient (Wildman–Crippen LogP) is 3.57. The van der Waals surface area contributed by atoms with E-state index in [2.05, 4.69) is 17.6 Å². The van der Waals surface area contributed by atoms with Crippen molar-refractivity contribution in [3.05, 3.63) is 29.6 Å². The quantitative estimate of drug-likeness (QED) is 0.800. The summed E-state index contributed by atoms with van der Waals surface area (Å²) in [7, 11) is 0. The van der Waals surface area contributed by atoms with Crippen LogP contribution in [0.3, 0.4) is 0 Å². The van der Waals surface area contributed by atoms with E-state index in [1.807, 2.05) is 6.92 Å². The van der Waals surface area contributed by atoms with Gasteiger partial charge in [0.1, 0.15) is 5.82 Å². The lowest BCUT2D eigenvalue weighted by Crippen LogP contribution is -2.35. The maximum Gasteiger partial charge on any atom is 0.253 e. The number of amides is 1. The molecule has 1 aromatic rings. The highest BCUT2D eigenvalue weighted by Crippen LogP contribution is 2.34. The molecule has 0 aliphatic heterocycles. The average Bonchev–Trinajstić information content (AvgIpc) is 3.24. The van der Waals surface area contributed by atoms with Crippen molar-refractivity contribution >= 4 is 11.6 Å². The summed E-state index contributed by atoms with van der Waals surface area (Å²) in [5.74, 6) is 0.198. The summed E-state index contributed by atoms with van der Waals surface area (Å²) in [6, 6.07) is 4.80. The molecule has 0 bridgehead atoms. The summed E-state index contributed by atoms with van der Waals surface area (Å²) in [5, 5.41) is 5.97. The molecular weight excluding hydrogens is 255 g/mol. The molecule has 0 heterocycles. The van der Waals surface area contributed by atoms with Gasteiger partial charge in [-0.1, -0.05) is 25.8 Å². The molecule has 1 saturated carbocycles. The minimum Gasteiger partial charge on any atom is -0.382 e. The fourth-order valence-corrected chi connectivity index (χ4v) is 2.42. The smallest absolute Gasteiger partial charge is 0.253 e. The van der Waals surface area contributed by atoms with Crippen LogP contribution in [0.4, 0.5) is 10.1 Å². The van der Waals surface area contributed by atoms with E-state index in [4.69, 9.17) is 0 Å². The van der Waals surface area contributed by atoms with E-state index in [-0.39, 0.29) is 17.8 Å². The fraction of sp³-hybridized carbons (Fsp3) is 0.562. The lowest BCUT2D eigenvalue weighted by Gasteiger charge is -2.18. The van der Waals surface area contributed by atoms with Gasteiger partial charge in [-0.05, 0) is 37.8 Å². The molecule has 2 N–H and O–H groups in total. The van der Waals surface area contributed by atoms with Gasteiger partial charge in [0.2, 0.25) is 0 Å². The molecule has 0 saturated heterocycles. The normalized spacial score (nSPS) is 15.8. The second-order valence-corrected chi connectivity index (χ2v) is 5.45. The standard InChI is InChI=1S/C16H23FN2O/c1-3-12(10-11-8-9-11)19-16(20)13-6-5-7-14(17)15(13)18-4-2/h5-7,11-12,18H,3-4,8-10H2,1-2H3,(H,19,20). The lowest BCUT2D eigenvalue weighted by molar-refractivity contribution is 0.0933. The van der Waals surface area contributed by atoms with Crippen LogP contribution in [0.15, 0.2) is 18.2 Å². The Hall–Kier alpha value is -1.58. The second kappa shape index (κ2) is 6.73. The fourth-order valence-electron chi connectivity index (χ4n) is 2.42. The topological polar surface area (TPSA) is 41.1 Å². The van der Waals surface area contributed by atoms with Crippen LogP contribution in [0.5, 0.6) is 0 Å². The molecular formula is C16H23FN2O. The third kappa shape index (κ3) is 3.71. The van der Waals surface area contributed by atoms with E-state index in [1.54, 1.807) is 12.1 Å². The molecule has 1 aromatic carbocycles. The van der Waals surface area contributed by atoms with E-state index < -0.39 is 0 Å². The molecule has 2 rings (SSSR count). The Morgan fingerprint density at radius 2 is 2.15 bits per heavy atom. The van der Waals surface area contributed by atoms with E-state index in [0.29, 0.717) is 17.8 Å². The number of anilines is 1. The maximum atomic E-state index is 13.8. The number of nitrogens with one attached hydrogen (secondary N) is 2. The van der Waals surface area contributed by atoms with Crippen molar-refractivity contribution in [1.29, 1.82) is 0 Å². The van der Waals surface area contributed by atoms with Crippen molar-refractivity contribution in [1.82, 2.24) is 5.32 Å². The minimum absolute atomic E-state index is 0.187. The lowest BCUT2D eigenvalue weighted by atomic mass is 10.1. The second-order valence-electron chi connectivity index (χ2n) is 5.45. The molecule has 110 valence electrons. The number of carbonyl (C=O) groups excluding carboxylic acids is 1. The van der Waals surface area contributed by atoms with E-state index in [1.165, 1.54) is 18.9 Å². The molecule has 1 aliphatic carbocycles. The van der Waals surface area contributed by atoms with Crippen LogP contribution >= 0.6 is 0 Å². The molecule has 1 atom stereocenters. The zero-order valence-electron chi connectivity index (χ0n) is 12.2. The number of benzene rings is 1. The van der Waals surface area contributed by atoms with Gasteiger partial charge in [-0.2, -0.15) is 0 Å². The highest BCUT2D eigenvalue weighted by Gasteiger charge is 2.26. The molecule has 1 fully saturated rings. The van der Waals surface area contributed by atoms with Crippen LogP contribution in [0, 0.1) is 11.7 Å². The molecule has 0 spiro atoms. The van der Waals surface area contributed by atoms with Crippen LogP contribution in [0.25, 0.3) is 0 Å². The molecule has 3 nitrogen and oxygen atoms in total. The van der Waals surface area contributed by atoms with Crippen molar-refractivity contribution in [3.8, 4) is 0 Å². The predicted molar refractivity (Wildman–Crippen MR) is 79.4 cm³/mol. The van der Waals surface area contributed by atoms with E-state index >= 15 is 0 Å². The van der Waals surface area contributed by atoms with Gasteiger partial charge in [0, 0.05) is 12.6 Å². The first-order chi connectivity index (χ1) is 9.65. The largest absolute Gasteiger partial charge is 0.382 e. The van der Waals surface area contributed by atoms with Crippen LogP contribution in [0.1, 0.15) is 49.9 Å². The van der Waals surface area contributed by atoms with Gasteiger partial charge in [0.05, 0.1) is 11.3 Å². The van der Waals surface area contributed by atoms with Gasteiger partial charge in [-0.15, -0.1) is 0 Å². The Kier molecular flexibility index (Phi) is 4.99. The highest BCUT2D eigenvalue weighted by molar-refractivity contribution is 5.99. The van der Waals surface area contributed by atoms with Crippen LogP contribution in [-0.2, 0) is 0 Å². The van der Waals surface area contributed by atoms with Crippen molar-refractivity contribution in [2.45, 2.75) is 45.6 Å². The summed E-state index contributed by atoms with van der Waals surface area (Å²) in [6.07, 6.45) is 4.49. The first-order valence-corrected chi connectivity index (χ1v) is 7.48. The molecule has 0 aromatic heterocycles. The Morgan fingerprint density at radius 1 is 1.40 bits per heavy atom. The van der Waals surface area contributed by atoms with Crippen LogP contribution in [-0.4, -0.2) is 18.5 Å². The molecule has 1 unspecified atom stereocenters. The zero-order valence-corrected chi connectivity index (χ0v) is 12.2. The van der Waals surface area contributed by atoms with Crippen LogP contribution < -0.4 is 10.6 Å². The Bertz CT molecular complexity index is 472. The van der Waals surface area contributed by atoms with Crippen molar-refractivity contribution in [2.24, 2.45) is 5.92 Å².